The summed E-state index contributed by atoms with van der Waals surface area (Å²) in [6, 6.07) is 0. The normalized spacial score (nSPS) is 22.5. The quantitative estimate of drug-likeness (QED) is 0.640. The molecule has 1 aliphatic rings. The molecule has 1 N–H and O–H groups in total. The van der Waals surface area contributed by atoms with Gasteiger partial charge in [0.05, 0.1) is 0 Å². The van der Waals surface area contributed by atoms with Crippen molar-refractivity contribution in [2.75, 3.05) is 46.9 Å². The number of piperidine rings is 1. The van der Waals surface area contributed by atoms with E-state index in [1.54, 1.807) is 7.11 Å². The number of hydrogen-bond donors (Lipinski definition) is 1. The molecule has 16 heavy (non-hydrogen) atoms. The van der Waals surface area contributed by atoms with Crippen LogP contribution >= 0.6 is 0 Å². The SMILES string of the molecule is COCCCCCNCC1CCCN(C)C1. The molecule has 0 bridgehead atoms. The van der Waals surface area contributed by atoms with Gasteiger partial charge < -0.3 is 15.0 Å². The maximum atomic E-state index is 5.03. The number of nitrogens with one attached hydrogen (secondary N) is 1. The highest BCUT2D eigenvalue weighted by Crippen LogP contribution is 2.13. The number of ether oxygens (including phenoxy) is 1. The largest absolute Gasteiger partial charge is 0.385 e. The first-order valence-corrected chi connectivity index (χ1v) is 6.71. The van der Waals surface area contributed by atoms with E-state index in [9.17, 15) is 0 Å². The van der Waals surface area contributed by atoms with E-state index in [0.717, 1.165) is 12.5 Å². The van der Waals surface area contributed by atoms with Gasteiger partial charge in [0, 0.05) is 20.3 Å². The lowest BCUT2D eigenvalue weighted by Gasteiger charge is -2.29. The molecule has 1 atom stereocenters. The van der Waals surface area contributed by atoms with Crippen molar-refractivity contribution in [3.8, 4) is 0 Å². The summed E-state index contributed by atoms with van der Waals surface area (Å²) in [5, 5.41) is 3.59. The van der Waals surface area contributed by atoms with Crippen LogP contribution in [-0.4, -0.2) is 51.8 Å². The molecule has 0 aromatic heterocycles. The fraction of sp³-hybridized carbons (Fsp3) is 1.00. The fourth-order valence-electron chi connectivity index (χ4n) is 2.42. The molecule has 0 aliphatic carbocycles. The van der Waals surface area contributed by atoms with Gasteiger partial charge in [-0.2, -0.15) is 0 Å². The van der Waals surface area contributed by atoms with Gasteiger partial charge in [0.2, 0.25) is 0 Å². The molecule has 0 saturated carbocycles. The average molecular weight is 228 g/mol. The van der Waals surface area contributed by atoms with Gasteiger partial charge in [-0.3, -0.25) is 0 Å². The number of likely N-dealkylation sites (tertiary alicyclic amines) is 1. The summed E-state index contributed by atoms with van der Waals surface area (Å²) in [6.07, 6.45) is 6.54. The molecule has 0 spiro atoms. The summed E-state index contributed by atoms with van der Waals surface area (Å²) in [7, 11) is 4.01. The maximum Gasteiger partial charge on any atom is 0.0462 e. The third-order valence-electron chi connectivity index (χ3n) is 3.36. The summed E-state index contributed by atoms with van der Waals surface area (Å²) in [5.41, 5.74) is 0. The van der Waals surface area contributed by atoms with Crippen LogP contribution in [0, 0.1) is 5.92 Å². The fourth-order valence-corrected chi connectivity index (χ4v) is 2.42. The lowest BCUT2D eigenvalue weighted by atomic mass is 9.98. The Bertz CT molecular complexity index is 164. The van der Waals surface area contributed by atoms with Crippen LogP contribution in [-0.2, 0) is 4.74 Å². The molecular formula is C13H28N2O. The predicted octanol–water partition coefficient (Wildman–Crippen LogP) is 1.73. The van der Waals surface area contributed by atoms with Crippen LogP contribution in [0.25, 0.3) is 0 Å². The molecule has 0 amide bonds. The van der Waals surface area contributed by atoms with Crippen molar-refractivity contribution in [3.63, 3.8) is 0 Å². The lowest BCUT2D eigenvalue weighted by Crippen LogP contribution is -2.37. The van der Waals surface area contributed by atoms with Crippen LogP contribution in [0.4, 0.5) is 0 Å². The molecule has 0 aromatic carbocycles. The molecule has 3 nitrogen and oxygen atoms in total. The monoisotopic (exact) mass is 228 g/mol. The van der Waals surface area contributed by atoms with Crippen molar-refractivity contribution >= 4 is 0 Å². The number of methoxy groups -OCH3 is 1. The number of hydrogen-bond acceptors (Lipinski definition) is 3. The van der Waals surface area contributed by atoms with E-state index in [0.29, 0.717) is 0 Å². The first kappa shape index (κ1) is 13.9. The smallest absolute Gasteiger partial charge is 0.0462 e. The Balaban J connectivity index is 1.86. The molecule has 1 saturated heterocycles. The minimum atomic E-state index is 0.873. The Kier molecular flexibility index (Phi) is 7.81. The zero-order chi connectivity index (χ0) is 11.6. The van der Waals surface area contributed by atoms with E-state index in [4.69, 9.17) is 4.74 Å². The topological polar surface area (TPSA) is 24.5 Å². The van der Waals surface area contributed by atoms with Crippen LogP contribution in [0.5, 0.6) is 0 Å². The third kappa shape index (κ3) is 6.46. The van der Waals surface area contributed by atoms with E-state index < -0.39 is 0 Å². The predicted molar refractivity (Wildman–Crippen MR) is 68.8 cm³/mol. The Hall–Kier alpha value is -0.120. The number of unbranched alkanes of at least 4 members (excludes halogenated alkanes) is 2. The molecule has 1 aliphatic heterocycles. The first-order chi connectivity index (χ1) is 7.83. The van der Waals surface area contributed by atoms with Crippen molar-refractivity contribution in [3.05, 3.63) is 0 Å². The molecular weight excluding hydrogens is 200 g/mol. The average Bonchev–Trinajstić information content (AvgIpc) is 2.28. The van der Waals surface area contributed by atoms with E-state index >= 15 is 0 Å². The summed E-state index contributed by atoms with van der Waals surface area (Å²) < 4.78 is 5.03. The van der Waals surface area contributed by atoms with Crippen LogP contribution in [0.2, 0.25) is 0 Å². The Morgan fingerprint density at radius 2 is 2.19 bits per heavy atom. The van der Waals surface area contributed by atoms with Gasteiger partial charge in [-0.15, -0.1) is 0 Å². The highest BCUT2D eigenvalue weighted by Gasteiger charge is 2.15. The molecule has 1 heterocycles. The van der Waals surface area contributed by atoms with E-state index in [1.807, 2.05) is 0 Å². The maximum absolute atomic E-state index is 5.03. The molecule has 1 unspecified atom stereocenters. The summed E-state index contributed by atoms with van der Waals surface area (Å²) in [6.45, 7) is 5.84. The van der Waals surface area contributed by atoms with E-state index in [-0.39, 0.29) is 0 Å². The molecule has 3 heteroatoms. The molecule has 0 aromatic rings. The van der Waals surface area contributed by atoms with Crippen molar-refractivity contribution in [1.82, 2.24) is 10.2 Å². The van der Waals surface area contributed by atoms with Crippen molar-refractivity contribution in [1.29, 1.82) is 0 Å². The van der Waals surface area contributed by atoms with Crippen LogP contribution < -0.4 is 5.32 Å². The lowest BCUT2D eigenvalue weighted by molar-refractivity contribution is 0.191. The van der Waals surface area contributed by atoms with Gasteiger partial charge in [-0.25, -0.2) is 0 Å². The third-order valence-corrected chi connectivity index (χ3v) is 3.36. The zero-order valence-electron chi connectivity index (χ0n) is 11.0. The highest BCUT2D eigenvalue weighted by molar-refractivity contribution is 4.72. The first-order valence-electron chi connectivity index (χ1n) is 6.71. The summed E-state index contributed by atoms with van der Waals surface area (Å²) >= 11 is 0. The summed E-state index contributed by atoms with van der Waals surface area (Å²) in [5.74, 6) is 0.873. The van der Waals surface area contributed by atoms with Crippen LogP contribution in [0.15, 0.2) is 0 Å². The van der Waals surface area contributed by atoms with Crippen molar-refractivity contribution in [2.24, 2.45) is 5.92 Å². The molecule has 96 valence electrons. The van der Waals surface area contributed by atoms with Crippen LogP contribution in [0.1, 0.15) is 32.1 Å². The van der Waals surface area contributed by atoms with Gasteiger partial charge >= 0.3 is 0 Å². The zero-order valence-corrected chi connectivity index (χ0v) is 11.0. The van der Waals surface area contributed by atoms with E-state index in [1.165, 1.54) is 58.3 Å². The van der Waals surface area contributed by atoms with Gasteiger partial charge in [-0.05, 0) is 64.7 Å². The second kappa shape index (κ2) is 8.97. The van der Waals surface area contributed by atoms with E-state index in [2.05, 4.69) is 17.3 Å². The second-order valence-corrected chi connectivity index (χ2v) is 5.03. The van der Waals surface area contributed by atoms with Gasteiger partial charge in [0.25, 0.3) is 0 Å². The second-order valence-electron chi connectivity index (χ2n) is 5.03. The highest BCUT2D eigenvalue weighted by atomic mass is 16.5. The molecule has 1 rings (SSSR count). The van der Waals surface area contributed by atoms with Crippen molar-refractivity contribution in [2.45, 2.75) is 32.1 Å². The Morgan fingerprint density at radius 3 is 2.94 bits per heavy atom. The Morgan fingerprint density at radius 1 is 1.31 bits per heavy atom. The molecule has 0 radical (unpaired) electrons. The number of rotatable bonds is 8. The summed E-state index contributed by atoms with van der Waals surface area (Å²) in [4.78, 5) is 2.45. The van der Waals surface area contributed by atoms with Crippen molar-refractivity contribution < 1.29 is 4.74 Å². The van der Waals surface area contributed by atoms with Gasteiger partial charge in [0.1, 0.15) is 0 Å². The Labute approximate surface area is 101 Å². The number of nitrogens with zero attached hydrogens (tertiary/aromatic N) is 1. The molecule has 1 fully saturated rings. The van der Waals surface area contributed by atoms with Gasteiger partial charge in [0.15, 0.2) is 0 Å². The van der Waals surface area contributed by atoms with Gasteiger partial charge in [-0.1, -0.05) is 0 Å². The van der Waals surface area contributed by atoms with Crippen LogP contribution in [0.3, 0.4) is 0 Å². The minimum absolute atomic E-state index is 0.873. The minimum Gasteiger partial charge on any atom is -0.385 e. The standard InChI is InChI=1S/C13H28N2O/c1-15-9-6-7-13(12-15)11-14-8-4-3-5-10-16-2/h13-14H,3-12H2,1-2H3.